The lowest BCUT2D eigenvalue weighted by Crippen LogP contribution is -2.12. The summed E-state index contributed by atoms with van der Waals surface area (Å²) >= 11 is 0. The first kappa shape index (κ1) is 15.2. The SMILES string of the molecule is CC(C)OC(=O)c1ccc([N+](=O)[O-])c(N)c1.Cl. The molecule has 0 aromatic heterocycles. The number of ether oxygens (including phenoxy) is 1. The zero-order valence-corrected chi connectivity index (χ0v) is 10.2. The third kappa shape index (κ3) is 3.92. The number of anilines is 1. The van der Waals surface area contributed by atoms with Gasteiger partial charge in [-0.25, -0.2) is 4.79 Å². The number of nitrogen functional groups attached to an aromatic ring is 1. The smallest absolute Gasteiger partial charge is 0.338 e. The average Bonchev–Trinajstić information content (AvgIpc) is 2.15. The van der Waals surface area contributed by atoms with Crippen LogP contribution in [0.1, 0.15) is 24.2 Å². The maximum atomic E-state index is 11.4. The van der Waals surface area contributed by atoms with Gasteiger partial charge in [-0.3, -0.25) is 10.1 Å². The molecule has 0 saturated heterocycles. The third-order valence-corrected chi connectivity index (χ3v) is 1.80. The highest BCUT2D eigenvalue weighted by Crippen LogP contribution is 2.22. The molecular formula is C10H13ClN2O4. The Kier molecular flexibility index (Phi) is 5.40. The van der Waals surface area contributed by atoms with Gasteiger partial charge in [0.1, 0.15) is 5.69 Å². The standard InChI is InChI=1S/C10H12N2O4.ClH/c1-6(2)16-10(13)7-3-4-9(12(14)15)8(11)5-7;/h3-6H,11H2,1-2H3;1H. The van der Waals surface area contributed by atoms with Crippen LogP contribution in [0, 0.1) is 10.1 Å². The van der Waals surface area contributed by atoms with Gasteiger partial charge in [0.2, 0.25) is 0 Å². The van der Waals surface area contributed by atoms with Crippen LogP contribution < -0.4 is 5.73 Å². The molecule has 0 spiro atoms. The van der Waals surface area contributed by atoms with E-state index in [2.05, 4.69) is 0 Å². The van der Waals surface area contributed by atoms with Crippen molar-refractivity contribution < 1.29 is 14.5 Å². The monoisotopic (exact) mass is 260 g/mol. The van der Waals surface area contributed by atoms with Crippen LogP contribution in [0.5, 0.6) is 0 Å². The van der Waals surface area contributed by atoms with E-state index in [4.69, 9.17) is 10.5 Å². The van der Waals surface area contributed by atoms with E-state index < -0.39 is 10.9 Å². The molecule has 1 aromatic rings. The Morgan fingerprint density at radius 2 is 2.06 bits per heavy atom. The number of nitrogens with two attached hydrogens (primary N) is 1. The molecule has 0 aliphatic heterocycles. The molecule has 0 aliphatic carbocycles. The van der Waals surface area contributed by atoms with Crippen LogP contribution in [0.15, 0.2) is 18.2 Å². The normalized spacial score (nSPS) is 9.59. The molecular weight excluding hydrogens is 248 g/mol. The fraction of sp³-hybridized carbons (Fsp3) is 0.300. The lowest BCUT2D eigenvalue weighted by Gasteiger charge is -2.08. The van der Waals surface area contributed by atoms with Crippen molar-refractivity contribution in [2.45, 2.75) is 20.0 Å². The van der Waals surface area contributed by atoms with Crippen LogP contribution in [0.2, 0.25) is 0 Å². The van der Waals surface area contributed by atoms with Gasteiger partial charge in [0.15, 0.2) is 0 Å². The van der Waals surface area contributed by atoms with Gasteiger partial charge in [-0.15, -0.1) is 12.4 Å². The lowest BCUT2D eigenvalue weighted by atomic mass is 10.2. The molecule has 0 bridgehead atoms. The van der Waals surface area contributed by atoms with Crippen LogP contribution in [0.3, 0.4) is 0 Å². The topological polar surface area (TPSA) is 95.5 Å². The number of carbonyl (C=O) groups excluding carboxylic acids is 1. The molecule has 0 fully saturated rings. The fourth-order valence-electron chi connectivity index (χ4n) is 1.13. The maximum absolute atomic E-state index is 11.4. The molecule has 0 saturated carbocycles. The number of carbonyl (C=O) groups is 1. The van der Waals surface area contributed by atoms with Crippen LogP contribution >= 0.6 is 12.4 Å². The zero-order valence-electron chi connectivity index (χ0n) is 9.38. The van der Waals surface area contributed by atoms with Gasteiger partial charge in [0.05, 0.1) is 16.6 Å². The number of halogens is 1. The Labute approximate surface area is 104 Å². The molecule has 2 N–H and O–H groups in total. The Morgan fingerprint density at radius 3 is 2.47 bits per heavy atom. The summed E-state index contributed by atoms with van der Waals surface area (Å²) in [6.07, 6.45) is -0.246. The second-order valence-electron chi connectivity index (χ2n) is 3.48. The Balaban J connectivity index is 0.00000256. The van der Waals surface area contributed by atoms with E-state index in [0.717, 1.165) is 0 Å². The maximum Gasteiger partial charge on any atom is 0.338 e. The summed E-state index contributed by atoms with van der Waals surface area (Å²) in [6, 6.07) is 3.74. The molecule has 94 valence electrons. The van der Waals surface area contributed by atoms with E-state index in [1.54, 1.807) is 13.8 Å². The quantitative estimate of drug-likeness (QED) is 0.389. The van der Waals surface area contributed by atoms with Gasteiger partial charge in [-0.2, -0.15) is 0 Å². The number of nitrogens with zero attached hydrogens (tertiary/aromatic N) is 1. The highest BCUT2D eigenvalue weighted by Gasteiger charge is 2.15. The first-order valence-corrected chi connectivity index (χ1v) is 4.66. The summed E-state index contributed by atoms with van der Waals surface area (Å²) in [6.45, 7) is 3.43. The Morgan fingerprint density at radius 1 is 1.47 bits per heavy atom. The first-order chi connectivity index (χ1) is 7.41. The van der Waals surface area contributed by atoms with Gasteiger partial charge in [0, 0.05) is 6.07 Å². The summed E-state index contributed by atoms with van der Waals surface area (Å²) in [5.74, 6) is -0.545. The van der Waals surface area contributed by atoms with E-state index in [9.17, 15) is 14.9 Å². The van der Waals surface area contributed by atoms with Crippen LogP contribution in [-0.2, 0) is 4.74 Å². The molecule has 0 unspecified atom stereocenters. The molecule has 0 amide bonds. The van der Waals surface area contributed by atoms with Gasteiger partial charge < -0.3 is 10.5 Å². The second-order valence-corrected chi connectivity index (χ2v) is 3.48. The van der Waals surface area contributed by atoms with E-state index >= 15 is 0 Å². The fourth-order valence-corrected chi connectivity index (χ4v) is 1.13. The van der Waals surface area contributed by atoms with Crippen LogP contribution in [0.25, 0.3) is 0 Å². The molecule has 1 rings (SSSR count). The molecule has 7 heteroatoms. The van der Waals surface area contributed by atoms with Gasteiger partial charge in [0.25, 0.3) is 5.69 Å². The van der Waals surface area contributed by atoms with Crippen molar-refractivity contribution in [3.05, 3.63) is 33.9 Å². The van der Waals surface area contributed by atoms with Crippen molar-refractivity contribution in [1.82, 2.24) is 0 Å². The van der Waals surface area contributed by atoms with Crippen molar-refractivity contribution in [1.29, 1.82) is 0 Å². The summed E-state index contributed by atoms with van der Waals surface area (Å²) in [5.41, 5.74) is 5.37. The van der Waals surface area contributed by atoms with E-state index in [-0.39, 0.29) is 35.4 Å². The highest BCUT2D eigenvalue weighted by molar-refractivity contribution is 5.91. The van der Waals surface area contributed by atoms with Crippen LogP contribution in [-0.4, -0.2) is 17.0 Å². The predicted molar refractivity (Wildman–Crippen MR) is 65.3 cm³/mol. The van der Waals surface area contributed by atoms with E-state index in [1.807, 2.05) is 0 Å². The van der Waals surface area contributed by atoms with Crippen molar-refractivity contribution in [3.63, 3.8) is 0 Å². The largest absolute Gasteiger partial charge is 0.459 e. The molecule has 1 aromatic carbocycles. The average molecular weight is 261 g/mol. The minimum atomic E-state index is -0.604. The number of rotatable bonds is 3. The van der Waals surface area contributed by atoms with Crippen molar-refractivity contribution in [2.24, 2.45) is 0 Å². The minimum absolute atomic E-state index is 0. The van der Waals surface area contributed by atoms with Crippen LogP contribution in [0.4, 0.5) is 11.4 Å². The van der Waals surface area contributed by atoms with Crippen molar-refractivity contribution in [2.75, 3.05) is 5.73 Å². The third-order valence-electron chi connectivity index (χ3n) is 1.80. The number of hydrogen-bond acceptors (Lipinski definition) is 5. The second kappa shape index (κ2) is 6.05. The van der Waals surface area contributed by atoms with E-state index in [1.165, 1.54) is 18.2 Å². The van der Waals surface area contributed by atoms with Crippen molar-refractivity contribution in [3.8, 4) is 0 Å². The molecule has 6 nitrogen and oxygen atoms in total. The summed E-state index contributed by atoms with van der Waals surface area (Å²) in [7, 11) is 0. The predicted octanol–water partition coefficient (Wildman–Crippen LogP) is 2.16. The number of esters is 1. The van der Waals surface area contributed by atoms with E-state index in [0.29, 0.717) is 0 Å². The Bertz CT molecular complexity index is 434. The summed E-state index contributed by atoms with van der Waals surface area (Å²) in [4.78, 5) is 21.3. The minimum Gasteiger partial charge on any atom is -0.459 e. The van der Waals surface area contributed by atoms with Gasteiger partial charge in [-0.05, 0) is 26.0 Å². The number of hydrogen-bond donors (Lipinski definition) is 1. The first-order valence-electron chi connectivity index (χ1n) is 4.66. The van der Waals surface area contributed by atoms with Crippen molar-refractivity contribution >= 4 is 29.8 Å². The zero-order chi connectivity index (χ0) is 12.3. The summed E-state index contributed by atoms with van der Waals surface area (Å²) in [5, 5.41) is 10.5. The molecule has 0 aliphatic rings. The summed E-state index contributed by atoms with van der Waals surface area (Å²) < 4.78 is 4.93. The highest BCUT2D eigenvalue weighted by atomic mass is 35.5. The van der Waals surface area contributed by atoms with Gasteiger partial charge >= 0.3 is 5.97 Å². The molecule has 0 atom stereocenters. The molecule has 0 radical (unpaired) electrons. The lowest BCUT2D eigenvalue weighted by molar-refractivity contribution is -0.383. The van der Waals surface area contributed by atoms with Gasteiger partial charge in [-0.1, -0.05) is 0 Å². The molecule has 0 heterocycles. The number of nitro benzene ring substituents is 1. The number of benzene rings is 1. The Hall–Kier alpha value is -1.82. The molecule has 17 heavy (non-hydrogen) atoms. The number of nitro groups is 1.